The van der Waals surface area contributed by atoms with Crippen molar-refractivity contribution >= 4 is 51.2 Å². The van der Waals surface area contributed by atoms with E-state index in [1.165, 1.54) is 36.4 Å². The summed E-state index contributed by atoms with van der Waals surface area (Å²) in [5, 5.41) is 8.65. The van der Waals surface area contributed by atoms with Gasteiger partial charge in [0, 0.05) is 6.04 Å². The number of aromatic carboxylic acids is 1. The number of halogens is 3. The van der Waals surface area contributed by atoms with Gasteiger partial charge in [0.05, 0.1) is 16.8 Å². The van der Waals surface area contributed by atoms with Crippen molar-refractivity contribution in [2.75, 3.05) is 4.31 Å². The van der Waals surface area contributed by atoms with Gasteiger partial charge in [0.15, 0.2) is 0 Å². The first-order chi connectivity index (χ1) is 15.8. The Hall–Kier alpha value is -2.47. The number of benzene rings is 2. The van der Waals surface area contributed by atoms with Gasteiger partial charge in [0.25, 0.3) is 10.0 Å². The topological polar surface area (TPSA) is 97.0 Å². The molecular weight excluding hydrogens is 498 g/mol. The van der Waals surface area contributed by atoms with Gasteiger partial charge in [-0.3, -0.25) is 4.31 Å². The molecule has 3 aromatic rings. The maximum absolute atomic E-state index is 13.4. The van der Waals surface area contributed by atoms with Gasteiger partial charge < -0.3 is 14.3 Å². The van der Waals surface area contributed by atoms with Crippen LogP contribution in [0.25, 0.3) is 0 Å². The monoisotopic (exact) mass is 521 g/mol. The van der Waals surface area contributed by atoms with Gasteiger partial charge in [-0.1, -0.05) is 12.1 Å². The minimum atomic E-state index is -4.68. The number of hydrogen-bond donors (Lipinski definition) is 1. The van der Waals surface area contributed by atoms with E-state index in [2.05, 4.69) is 0 Å². The minimum absolute atomic E-state index is 0. The summed E-state index contributed by atoms with van der Waals surface area (Å²) in [5.41, 5.74) is -0.593. The fraction of sp³-hybridized carbons (Fsp3) is 0.261. The van der Waals surface area contributed by atoms with Crippen LogP contribution in [0.5, 0.6) is 5.75 Å². The molecule has 2 aromatic carbocycles. The van der Waals surface area contributed by atoms with E-state index in [0.717, 1.165) is 22.5 Å². The van der Waals surface area contributed by atoms with Gasteiger partial charge in [0.1, 0.15) is 18.1 Å². The van der Waals surface area contributed by atoms with Crippen molar-refractivity contribution in [1.82, 2.24) is 0 Å². The molecule has 0 bridgehead atoms. The quantitative estimate of drug-likeness (QED) is 0.426. The van der Waals surface area contributed by atoms with Crippen molar-refractivity contribution in [3.63, 3.8) is 0 Å². The third kappa shape index (κ3) is 6.60. The Kier molecular flexibility index (Phi) is 9.10. The van der Waals surface area contributed by atoms with E-state index >= 15 is 0 Å². The van der Waals surface area contributed by atoms with Gasteiger partial charge in [-0.15, -0.1) is 0 Å². The Morgan fingerprint density at radius 1 is 1.09 bits per heavy atom. The third-order valence-electron chi connectivity index (χ3n) is 4.82. The predicted molar refractivity (Wildman–Crippen MR) is 125 cm³/mol. The molecule has 35 heavy (non-hydrogen) atoms. The number of ether oxygens (including phenoxy) is 1. The molecule has 0 radical (unpaired) electrons. The molecule has 0 aliphatic carbocycles. The van der Waals surface area contributed by atoms with E-state index in [1.54, 1.807) is 20.8 Å². The number of sulfonamides is 1. The molecular formula is C23H23F3NNaO6S. The van der Waals surface area contributed by atoms with Gasteiger partial charge in [-0.25, -0.2) is 4.79 Å². The Morgan fingerprint density at radius 3 is 2.20 bits per heavy atom. The molecule has 0 fully saturated rings. The second kappa shape index (κ2) is 11.1. The summed E-state index contributed by atoms with van der Waals surface area (Å²) in [7, 11) is -4.26. The summed E-state index contributed by atoms with van der Waals surface area (Å²) in [6.45, 7) is 4.49. The van der Waals surface area contributed by atoms with Crippen LogP contribution < -0.4 is 9.04 Å². The van der Waals surface area contributed by atoms with Crippen LogP contribution in [0, 0.1) is 6.92 Å². The number of rotatable bonds is 8. The zero-order valence-electron chi connectivity index (χ0n) is 18.5. The van der Waals surface area contributed by atoms with Gasteiger partial charge in [-0.05, 0) is 68.8 Å². The number of carboxylic acid groups (broad SMARTS) is 1. The number of aryl methyl sites for hydroxylation is 1. The van der Waals surface area contributed by atoms with E-state index < -0.39 is 33.8 Å². The number of nitrogens with zero attached hydrogens (tertiary/aromatic N) is 1. The first-order valence-electron chi connectivity index (χ1n) is 10.1. The molecule has 0 saturated carbocycles. The number of anilines is 1. The predicted octanol–water partition coefficient (Wildman–Crippen LogP) is 4.84. The second-order valence-electron chi connectivity index (χ2n) is 7.73. The van der Waals surface area contributed by atoms with E-state index in [9.17, 15) is 26.4 Å². The average molecular weight is 521 g/mol. The van der Waals surface area contributed by atoms with Gasteiger partial charge in [0.2, 0.25) is 5.09 Å². The van der Waals surface area contributed by atoms with Crippen LogP contribution in [0.15, 0.2) is 64.1 Å². The first-order valence-corrected chi connectivity index (χ1v) is 11.5. The fourth-order valence-corrected chi connectivity index (χ4v) is 4.86. The molecule has 0 amide bonds. The Balaban J connectivity index is 0.00000432. The molecule has 0 aliphatic heterocycles. The normalized spacial score (nSPS) is 11.7. The summed E-state index contributed by atoms with van der Waals surface area (Å²) in [4.78, 5) is 11.0. The second-order valence-corrected chi connectivity index (χ2v) is 9.48. The molecule has 3 rings (SSSR count). The number of hydrogen-bond acceptors (Lipinski definition) is 5. The van der Waals surface area contributed by atoms with Crippen LogP contribution in [0.3, 0.4) is 0 Å². The van der Waals surface area contributed by atoms with Crippen molar-refractivity contribution < 1.29 is 40.6 Å². The van der Waals surface area contributed by atoms with E-state index in [4.69, 9.17) is 14.3 Å². The average Bonchev–Trinajstić information content (AvgIpc) is 3.19. The zero-order chi connectivity index (χ0) is 25.3. The van der Waals surface area contributed by atoms with Crippen LogP contribution in [-0.4, -0.2) is 55.1 Å². The molecule has 0 saturated heterocycles. The van der Waals surface area contributed by atoms with Crippen molar-refractivity contribution in [2.24, 2.45) is 0 Å². The van der Waals surface area contributed by atoms with Gasteiger partial charge in [-0.2, -0.15) is 21.6 Å². The molecule has 7 nitrogen and oxygen atoms in total. The van der Waals surface area contributed by atoms with Crippen molar-refractivity contribution in [2.45, 2.75) is 44.7 Å². The Labute approximate surface area is 222 Å². The number of alkyl halides is 3. The summed E-state index contributed by atoms with van der Waals surface area (Å²) in [5.74, 6) is -1.08. The number of carboxylic acids is 1. The third-order valence-corrected chi connectivity index (χ3v) is 6.68. The molecule has 0 atom stereocenters. The SMILES string of the molecule is Cc1ccc(S(=O)(=O)N(c2ccc(C(F)(F)F)cc2OCc2ccc(C(=O)O)cc2)C(C)C)o1.[NaH]. The molecule has 0 spiro atoms. The van der Waals surface area contributed by atoms with Crippen molar-refractivity contribution in [3.8, 4) is 5.75 Å². The van der Waals surface area contributed by atoms with Crippen LogP contribution in [0.2, 0.25) is 0 Å². The Morgan fingerprint density at radius 2 is 1.71 bits per heavy atom. The Bertz CT molecular complexity index is 1290. The van der Waals surface area contributed by atoms with Crippen LogP contribution >= 0.6 is 0 Å². The standard InChI is InChI=1S/C23H22F3NO6S.Na.H/c1-14(2)27(34(30,31)21-11-4-15(3)33-21)19-10-9-18(23(24,25)26)12-20(19)32-13-16-5-7-17(8-6-16)22(28)29;;/h4-12,14H,13H2,1-3H3,(H,28,29);;. The zero-order valence-corrected chi connectivity index (χ0v) is 19.3. The maximum atomic E-state index is 13.4. The summed E-state index contributed by atoms with van der Waals surface area (Å²) >= 11 is 0. The van der Waals surface area contributed by atoms with Crippen molar-refractivity contribution in [1.29, 1.82) is 0 Å². The summed E-state index contributed by atoms with van der Waals surface area (Å²) in [6, 6.07) is 10.2. The number of carbonyl (C=O) groups is 1. The van der Waals surface area contributed by atoms with Crippen molar-refractivity contribution in [3.05, 3.63) is 77.0 Å². The summed E-state index contributed by atoms with van der Waals surface area (Å²) < 4.78 is 78.6. The molecule has 184 valence electrons. The van der Waals surface area contributed by atoms with Crippen LogP contribution in [0.1, 0.15) is 41.1 Å². The van der Waals surface area contributed by atoms with E-state index in [-0.39, 0.29) is 58.3 Å². The van der Waals surface area contributed by atoms with Gasteiger partial charge >= 0.3 is 41.7 Å². The summed E-state index contributed by atoms with van der Waals surface area (Å²) in [6.07, 6.45) is -4.68. The molecule has 0 aliphatic rings. The molecule has 12 heteroatoms. The van der Waals surface area contributed by atoms with Crippen LogP contribution in [0.4, 0.5) is 18.9 Å². The van der Waals surface area contributed by atoms with E-state index in [0.29, 0.717) is 11.3 Å². The number of furan rings is 1. The molecule has 1 N–H and O–H groups in total. The molecule has 0 unspecified atom stereocenters. The first kappa shape index (κ1) is 28.8. The fourth-order valence-electron chi connectivity index (χ4n) is 3.23. The van der Waals surface area contributed by atoms with Crippen LogP contribution in [-0.2, 0) is 22.8 Å². The molecule has 1 aromatic heterocycles. The van der Waals surface area contributed by atoms with E-state index in [1.807, 2.05) is 0 Å². The molecule has 1 heterocycles.